The molecular weight excluding hydrogens is 393 g/mol. The molecule has 0 atom stereocenters. The fourth-order valence-corrected chi connectivity index (χ4v) is 3.65. The Bertz CT molecular complexity index is 958. The molecule has 146 valence electrons. The van der Waals surface area contributed by atoms with Gasteiger partial charge >= 0.3 is 0 Å². The molecule has 28 heavy (non-hydrogen) atoms. The van der Waals surface area contributed by atoms with E-state index in [-0.39, 0.29) is 0 Å². The standard InChI is InChI=1S/C22H23Cl2N3O/c1-4-28-19-10-8-18(9-11-19)27-15(2)12-17(16(27)3)13-25-26-14-20-21(23)6-5-7-22(20)24/h5-13,26H,4,14H2,1-3H3/b25-13-. The fraction of sp³-hybridized carbons (Fsp3) is 0.227. The Kier molecular flexibility index (Phi) is 6.65. The highest BCUT2D eigenvalue weighted by Gasteiger charge is 2.10. The van der Waals surface area contributed by atoms with E-state index in [0.717, 1.165) is 34.0 Å². The Hall–Kier alpha value is -2.43. The van der Waals surface area contributed by atoms with E-state index in [9.17, 15) is 0 Å². The molecule has 0 aliphatic carbocycles. The van der Waals surface area contributed by atoms with E-state index in [4.69, 9.17) is 27.9 Å². The Labute approximate surface area is 175 Å². The molecule has 1 heterocycles. The van der Waals surface area contributed by atoms with E-state index >= 15 is 0 Å². The zero-order valence-corrected chi connectivity index (χ0v) is 17.7. The third-order valence-corrected chi connectivity index (χ3v) is 5.20. The predicted molar refractivity (Wildman–Crippen MR) is 117 cm³/mol. The molecule has 0 saturated heterocycles. The molecule has 2 aromatic carbocycles. The second kappa shape index (κ2) is 9.18. The van der Waals surface area contributed by atoms with Crippen molar-refractivity contribution in [3.63, 3.8) is 0 Å². The van der Waals surface area contributed by atoms with E-state index in [1.54, 1.807) is 0 Å². The molecule has 0 fully saturated rings. The molecule has 1 aromatic heterocycles. The maximum Gasteiger partial charge on any atom is 0.119 e. The first-order valence-corrected chi connectivity index (χ1v) is 9.87. The molecule has 4 nitrogen and oxygen atoms in total. The van der Waals surface area contributed by atoms with Gasteiger partial charge in [-0.3, -0.25) is 0 Å². The first kappa shape index (κ1) is 20.3. The monoisotopic (exact) mass is 415 g/mol. The average molecular weight is 416 g/mol. The lowest BCUT2D eigenvalue weighted by Gasteiger charge is -2.11. The van der Waals surface area contributed by atoms with Gasteiger partial charge in [0.05, 0.1) is 19.4 Å². The molecule has 0 unspecified atom stereocenters. The summed E-state index contributed by atoms with van der Waals surface area (Å²) >= 11 is 12.4. The largest absolute Gasteiger partial charge is 0.494 e. The maximum atomic E-state index is 6.18. The van der Waals surface area contributed by atoms with Crippen LogP contribution in [-0.2, 0) is 6.54 Å². The molecular formula is C22H23Cl2N3O. The lowest BCUT2D eigenvalue weighted by atomic mass is 10.2. The molecule has 3 aromatic rings. The van der Waals surface area contributed by atoms with E-state index in [0.29, 0.717) is 23.2 Å². The Morgan fingerprint density at radius 1 is 1.07 bits per heavy atom. The van der Waals surface area contributed by atoms with Gasteiger partial charge in [-0.1, -0.05) is 29.3 Å². The van der Waals surface area contributed by atoms with Crippen molar-refractivity contribution in [1.29, 1.82) is 0 Å². The van der Waals surface area contributed by atoms with Gasteiger partial charge in [0.2, 0.25) is 0 Å². The highest BCUT2D eigenvalue weighted by molar-refractivity contribution is 6.35. The first-order valence-electron chi connectivity index (χ1n) is 9.12. The number of ether oxygens (including phenoxy) is 1. The lowest BCUT2D eigenvalue weighted by Crippen LogP contribution is -2.07. The fourth-order valence-electron chi connectivity index (χ4n) is 3.11. The topological polar surface area (TPSA) is 38.5 Å². The summed E-state index contributed by atoms with van der Waals surface area (Å²) in [5.74, 6) is 0.873. The molecule has 0 aliphatic rings. The third-order valence-electron chi connectivity index (χ3n) is 4.49. The Balaban J connectivity index is 1.73. The van der Waals surface area contributed by atoms with Crippen LogP contribution in [0, 0.1) is 13.8 Å². The molecule has 6 heteroatoms. The molecule has 0 bridgehead atoms. The van der Waals surface area contributed by atoms with Gasteiger partial charge < -0.3 is 14.7 Å². The number of aryl methyl sites for hydroxylation is 1. The number of aromatic nitrogens is 1. The van der Waals surface area contributed by atoms with Gasteiger partial charge in [0.25, 0.3) is 0 Å². The van der Waals surface area contributed by atoms with Gasteiger partial charge in [-0.2, -0.15) is 5.10 Å². The van der Waals surface area contributed by atoms with Crippen LogP contribution in [0.2, 0.25) is 10.0 Å². The number of hydrogen-bond donors (Lipinski definition) is 1. The Morgan fingerprint density at radius 3 is 2.39 bits per heavy atom. The first-order chi connectivity index (χ1) is 13.5. The van der Waals surface area contributed by atoms with Gasteiger partial charge in [-0.15, -0.1) is 0 Å². The number of rotatable bonds is 7. The van der Waals surface area contributed by atoms with Gasteiger partial charge in [0.15, 0.2) is 0 Å². The quantitative estimate of drug-likeness (QED) is 0.383. The number of hydrogen-bond acceptors (Lipinski definition) is 3. The summed E-state index contributed by atoms with van der Waals surface area (Å²) in [5, 5.41) is 5.60. The summed E-state index contributed by atoms with van der Waals surface area (Å²) in [6.07, 6.45) is 1.82. The minimum atomic E-state index is 0.465. The second-order valence-corrected chi connectivity index (χ2v) is 7.20. The minimum Gasteiger partial charge on any atom is -0.494 e. The molecule has 0 radical (unpaired) electrons. The third kappa shape index (κ3) is 4.51. The second-order valence-electron chi connectivity index (χ2n) is 6.38. The summed E-state index contributed by atoms with van der Waals surface area (Å²) < 4.78 is 7.72. The van der Waals surface area contributed by atoms with Crippen LogP contribution in [0.15, 0.2) is 53.6 Å². The van der Waals surface area contributed by atoms with Crippen molar-refractivity contribution < 1.29 is 4.74 Å². The number of hydrazone groups is 1. The van der Waals surface area contributed by atoms with Crippen LogP contribution in [0.4, 0.5) is 0 Å². The number of halogens is 2. The van der Waals surface area contributed by atoms with Crippen molar-refractivity contribution in [1.82, 2.24) is 9.99 Å². The normalized spacial score (nSPS) is 11.2. The highest BCUT2D eigenvalue weighted by atomic mass is 35.5. The van der Waals surface area contributed by atoms with Crippen LogP contribution in [0.1, 0.15) is 29.4 Å². The smallest absolute Gasteiger partial charge is 0.119 e. The number of nitrogens with zero attached hydrogens (tertiary/aromatic N) is 2. The van der Waals surface area contributed by atoms with Crippen LogP contribution < -0.4 is 10.2 Å². The molecule has 0 aliphatic heterocycles. The molecule has 0 amide bonds. The van der Waals surface area contributed by atoms with E-state index < -0.39 is 0 Å². The van der Waals surface area contributed by atoms with E-state index in [1.807, 2.05) is 43.5 Å². The summed E-state index contributed by atoms with van der Waals surface area (Å²) in [5.41, 5.74) is 8.25. The Morgan fingerprint density at radius 2 is 1.75 bits per heavy atom. The minimum absolute atomic E-state index is 0.465. The molecule has 0 spiro atoms. The average Bonchev–Trinajstić information content (AvgIpc) is 2.95. The maximum absolute atomic E-state index is 6.18. The SMILES string of the molecule is CCOc1ccc(-n2c(C)cc(/C=N\NCc3c(Cl)cccc3Cl)c2C)cc1. The van der Waals surface area contributed by atoms with Crippen molar-refractivity contribution in [2.75, 3.05) is 6.61 Å². The van der Waals surface area contributed by atoms with Crippen LogP contribution in [-0.4, -0.2) is 17.4 Å². The van der Waals surface area contributed by atoms with Crippen molar-refractivity contribution in [2.45, 2.75) is 27.3 Å². The zero-order chi connectivity index (χ0) is 20.1. The van der Waals surface area contributed by atoms with Crippen molar-refractivity contribution in [2.24, 2.45) is 5.10 Å². The van der Waals surface area contributed by atoms with Crippen molar-refractivity contribution >= 4 is 29.4 Å². The van der Waals surface area contributed by atoms with Gasteiger partial charge in [-0.25, -0.2) is 0 Å². The molecule has 1 N–H and O–H groups in total. The predicted octanol–water partition coefficient (Wildman–Crippen LogP) is 5.92. The number of benzene rings is 2. The van der Waals surface area contributed by atoms with Crippen molar-refractivity contribution in [3.05, 3.63) is 81.1 Å². The summed E-state index contributed by atoms with van der Waals surface area (Å²) in [4.78, 5) is 0. The summed E-state index contributed by atoms with van der Waals surface area (Å²) in [6.45, 7) is 7.27. The van der Waals surface area contributed by atoms with Gasteiger partial charge in [-0.05, 0) is 63.2 Å². The summed E-state index contributed by atoms with van der Waals surface area (Å²) in [6, 6.07) is 15.7. The van der Waals surface area contributed by atoms with Gasteiger partial charge in [0.1, 0.15) is 5.75 Å². The zero-order valence-electron chi connectivity index (χ0n) is 16.2. The van der Waals surface area contributed by atoms with Crippen LogP contribution in [0.25, 0.3) is 5.69 Å². The van der Waals surface area contributed by atoms with Crippen LogP contribution >= 0.6 is 23.2 Å². The van der Waals surface area contributed by atoms with Gasteiger partial charge in [0, 0.05) is 38.2 Å². The van der Waals surface area contributed by atoms with Crippen LogP contribution in [0.3, 0.4) is 0 Å². The van der Waals surface area contributed by atoms with Crippen LogP contribution in [0.5, 0.6) is 5.75 Å². The molecule has 0 saturated carbocycles. The number of nitrogens with one attached hydrogen (secondary N) is 1. The van der Waals surface area contributed by atoms with E-state index in [1.165, 1.54) is 0 Å². The van der Waals surface area contributed by atoms with Crippen molar-refractivity contribution in [3.8, 4) is 11.4 Å². The molecule has 3 rings (SSSR count). The lowest BCUT2D eigenvalue weighted by molar-refractivity contribution is 0.340. The summed E-state index contributed by atoms with van der Waals surface area (Å²) in [7, 11) is 0. The van der Waals surface area contributed by atoms with E-state index in [2.05, 4.69) is 47.1 Å². The highest BCUT2D eigenvalue weighted by Crippen LogP contribution is 2.24.